The molecule has 0 saturated carbocycles. The van der Waals surface area contributed by atoms with Crippen LogP contribution >= 0.6 is 23.4 Å². The number of ether oxygens (including phenoxy) is 2. The fraction of sp³-hybridized carbons (Fsp3) is 0.324. The first kappa shape index (κ1) is 30.7. The molecule has 2 heterocycles. The normalized spacial score (nSPS) is 16.3. The maximum absolute atomic E-state index is 12.8. The molecule has 0 aliphatic carbocycles. The second-order valence-electron chi connectivity index (χ2n) is 11.7. The predicted octanol–water partition coefficient (Wildman–Crippen LogP) is 7.50. The van der Waals surface area contributed by atoms with Crippen LogP contribution in [0.2, 0.25) is 5.02 Å². The fourth-order valence-electron chi connectivity index (χ4n) is 5.10. The molecule has 1 amide bonds. The van der Waals surface area contributed by atoms with E-state index in [1.165, 1.54) is 0 Å². The lowest BCUT2D eigenvalue weighted by molar-refractivity contribution is -0.136. The first-order chi connectivity index (χ1) is 20.5. The van der Waals surface area contributed by atoms with Gasteiger partial charge in [0.25, 0.3) is 5.91 Å². The minimum Gasteiger partial charge on any atom is -0.493 e. The van der Waals surface area contributed by atoms with Crippen LogP contribution < -0.4 is 14.8 Å². The van der Waals surface area contributed by atoms with Gasteiger partial charge in [-0.05, 0) is 81.3 Å². The standard InChI is InChI=1S/C34H35ClN2O5S/c1-34(2,3)37-33(40)23-6-4-5-21(15-23)16-24-19-42-30-12-11-27(18-28(30)32(24)43-14-13-31(38)39)41-20-26-10-8-22-7-9-25(35)17-29(22)36-26/h4-12,15,17-18,24,32H,13-14,16,19-20H2,1-3H3,(H,37,40)(H,38,39). The number of carbonyl (C=O) groups is 2. The molecule has 0 fully saturated rings. The van der Waals surface area contributed by atoms with Crippen molar-refractivity contribution in [1.82, 2.24) is 10.3 Å². The topological polar surface area (TPSA) is 97.8 Å². The number of nitrogens with zero attached hydrogens (tertiary/aromatic N) is 1. The summed E-state index contributed by atoms with van der Waals surface area (Å²) in [5.74, 6) is 1.05. The number of hydrogen-bond donors (Lipinski definition) is 2. The van der Waals surface area contributed by atoms with Gasteiger partial charge in [0, 0.05) is 44.0 Å². The Labute approximate surface area is 261 Å². The number of aliphatic carboxylic acids is 1. The molecule has 1 aromatic heterocycles. The number of carboxylic acid groups (broad SMARTS) is 1. The highest BCUT2D eigenvalue weighted by molar-refractivity contribution is 7.99. The summed E-state index contributed by atoms with van der Waals surface area (Å²) < 4.78 is 12.4. The third-order valence-corrected chi connectivity index (χ3v) is 8.73. The number of pyridine rings is 1. The van der Waals surface area contributed by atoms with E-state index in [1.54, 1.807) is 11.8 Å². The highest BCUT2D eigenvalue weighted by Crippen LogP contribution is 2.47. The summed E-state index contributed by atoms with van der Waals surface area (Å²) in [5.41, 5.74) is 3.87. The van der Waals surface area contributed by atoms with Gasteiger partial charge in [0.05, 0.1) is 24.2 Å². The van der Waals surface area contributed by atoms with E-state index in [9.17, 15) is 14.7 Å². The van der Waals surface area contributed by atoms with Crippen molar-refractivity contribution in [2.75, 3.05) is 12.4 Å². The average molecular weight is 619 g/mol. The Hall–Kier alpha value is -3.75. The predicted molar refractivity (Wildman–Crippen MR) is 171 cm³/mol. The van der Waals surface area contributed by atoms with E-state index in [1.807, 2.05) is 93.6 Å². The molecule has 2 N–H and O–H groups in total. The van der Waals surface area contributed by atoms with E-state index < -0.39 is 5.97 Å². The summed E-state index contributed by atoms with van der Waals surface area (Å²) in [4.78, 5) is 28.8. The summed E-state index contributed by atoms with van der Waals surface area (Å²) >= 11 is 7.77. The Morgan fingerprint density at radius 3 is 2.70 bits per heavy atom. The Kier molecular flexibility index (Phi) is 9.47. The first-order valence-electron chi connectivity index (χ1n) is 14.2. The molecule has 5 rings (SSSR count). The molecule has 0 bridgehead atoms. The minimum atomic E-state index is -0.824. The number of rotatable bonds is 10. The van der Waals surface area contributed by atoms with Crippen molar-refractivity contribution in [1.29, 1.82) is 0 Å². The smallest absolute Gasteiger partial charge is 0.304 e. The molecule has 2 atom stereocenters. The molecule has 0 radical (unpaired) electrons. The molecule has 1 aliphatic heterocycles. The van der Waals surface area contributed by atoms with Gasteiger partial charge in [-0.25, -0.2) is 4.98 Å². The maximum atomic E-state index is 12.8. The third-order valence-electron chi connectivity index (χ3n) is 7.06. The molecule has 0 saturated heterocycles. The van der Waals surface area contributed by atoms with Crippen LogP contribution in [0.3, 0.4) is 0 Å². The maximum Gasteiger partial charge on any atom is 0.304 e. The largest absolute Gasteiger partial charge is 0.493 e. The molecular weight excluding hydrogens is 584 g/mol. The van der Waals surface area contributed by atoms with Crippen molar-refractivity contribution in [3.05, 3.63) is 100 Å². The van der Waals surface area contributed by atoms with Gasteiger partial charge in [-0.15, -0.1) is 0 Å². The number of benzene rings is 3. The minimum absolute atomic E-state index is 0.0142. The van der Waals surface area contributed by atoms with E-state index in [-0.39, 0.29) is 35.6 Å². The average Bonchev–Trinajstić information content (AvgIpc) is 2.96. The number of amides is 1. The van der Waals surface area contributed by atoms with Crippen molar-refractivity contribution in [2.45, 2.75) is 51.0 Å². The summed E-state index contributed by atoms with van der Waals surface area (Å²) in [6.45, 7) is 6.64. The molecule has 224 valence electrons. The van der Waals surface area contributed by atoms with E-state index >= 15 is 0 Å². The molecule has 4 aromatic rings. The van der Waals surface area contributed by atoms with Gasteiger partial charge in [0.15, 0.2) is 0 Å². The summed E-state index contributed by atoms with van der Waals surface area (Å²) in [5, 5.41) is 13.9. The molecule has 3 aromatic carbocycles. The first-order valence-corrected chi connectivity index (χ1v) is 15.7. The van der Waals surface area contributed by atoms with Gasteiger partial charge in [0.2, 0.25) is 0 Å². The van der Waals surface area contributed by atoms with Crippen LogP contribution in [-0.4, -0.2) is 39.9 Å². The fourth-order valence-corrected chi connectivity index (χ4v) is 6.62. The van der Waals surface area contributed by atoms with Gasteiger partial charge in [0.1, 0.15) is 18.1 Å². The van der Waals surface area contributed by atoms with Gasteiger partial charge >= 0.3 is 5.97 Å². The summed E-state index contributed by atoms with van der Waals surface area (Å²) in [7, 11) is 0. The zero-order valence-electron chi connectivity index (χ0n) is 24.4. The summed E-state index contributed by atoms with van der Waals surface area (Å²) in [6, 6.07) is 23.0. The van der Waals surface area contributed by atoms with Crippen LogP contribution in [0, 0.1) is 5.92 Å². The van der Waals surface area contributed by atoms with Crippen molar-refractivity contribution < 1.29 is 24.2 Å². The van der Waals surface area contributed by atoms with E-state index in [2.05, 4.69) is 10.3 Å². The number of halogens is 1. The van der Waals surface area contributed by atoms with Crippen molar-refractivity contribution in [3.63, 3.8) is 0 Å². The van der Waals surface area contributed by atoms with Gasteiger partial charge < -0.3 is 19.9 Å². The zero-order chi connectivity index (χ0) is 30.6. The number of carboxylic acids is 1. The molecule has 0 spiro atoms. The van der Waals surface area contributed by atoms with Gasteiger partial charge in [-0.1, -0.05) is 35.9 Å². The third kappa shape index (κ3) is 8.21. The Bertz CT molecular complexity index is 1640. The second kappa shape index (κ2) is 13.3. The van der Waals surface area contributed by atoms with Gasteiger partial charge in [-0.3, -0.25) is 9.59 Å². The Morgan fingerprint density at radius 1 is 1.09 bits per heavy atom. The lowest BCUT2D eigenvalue weighted by Gasteiger charge is -2.34. The number of nitrogens with one attached hydrogen (secondary N) is 1. The van der Waals surface area contributed by atoms with Gasteiger partial charge in [-0.2, -0.15) is 11.8 Å². The van der Waals surface area contributed by atoms with Crippen LogP contribution in [0.1, 0.15) is 59.6 Å². The quantitative estimate of drug-likeness (QED) is 0.190. The highest BCUT2D eigenvalue weighted by atomic mass is 35.5. The zero-order valence-corrected chi connectivity index (χ0v) is 26.0. The second-order valence-corrected chi connectivity index (χ2v) is 13.4. The van der Waals surface area contributed by atoms with Crippen LogP contribution in [0.25, 0.3) is 10.9 Å². The lowest BCUT2D eigenvalue weighted by Crippen LogP contribution is -2.40. The number of fused-ring (bicyclic) bond motifs is 2. The SMILES string of the molecule is CC(C)(C)NC(=O)c1cccc(CC2COc3ccc(OCc4ccc5ccc(Cl)cc5n4)cc3C2SCCC(=O)O)c1. The summed E-state index contributed by atoms with van der Waals surface area (Å²) in [6.07, 6.45) is 0.746. The number of hydrogen-bond acceptors (Lipinski definition) is 6. The van der Waals surface area contributed by atoms with E-state index in [0.717, 1.165) is 33.5 Å². The number of carbonyl (C=O) groups excluding carboxylic acids is 1. The van der Waals surface area contributed by atoms with Crippen molar-refractivity contribution in [2.24, 2.45) is 5.92 Å². The van der Waals surface area contributed by atoms with E-state index in [4.69, 9.17) is 21.1 Å². The van der Waals surface area contributed by atoms with Crippen LogP contribution in [-0.2, 0) is 17.8 Å². The lowest BCUT2D eigenvalue weighted by atomic mass is 9.89. The van der Waals surface area contributed by atoms with Crippen LogP contribution in [0.5, 0.6) is 11.5 Å². The monoisotopic (exact) mass is 618 g/mol. The van der Waals surface area contributed by atoms with Crippen LogP contribution in [0.15, 0.2) is 72.8 Å². The number of aromatic nitrogens is 1. The van der Waals surface area contributed by atoms with E-state index in [0.29, 0.717) is 35.1 Å². The van der Waals surface area contributed by atoms with Crippen LogP contribution in [0.4, 0.5) is 0 Å². The molecule has 43 heavy (non-hydrogen) atoms. The highest BCUT2D eigenvalue weighted by Gasteiger charge is 2.32. The molecule has 7 nitrogen and oxygen atoms in total. The Balaban J connectivity index is 1.35. The number of thioether (sulfide) groups is 1. The molecule has 1 aliphatic rings. The Morgan fingerprint density at radius 2 is 1.91 bits per heavy atom. The van der Waals surface area contributed by atoms with Crippen molar-refractivity contribution >= 4 is 46.1 Å². The molecular formula is C34H35ClN2O5S. The van der Waals surface area contributed by atoms with Crippen molar-refractivity contribution in [3.8, 4) is 11.5 Å². The molecule has 2 unspecified atom stereocenters. The molecule has 9 heteroatoms.